The van der Waals surface area contributed by atoms with Crippen molar-refractivity contribution in [1.82, 2.24) is 10.2 Å². The molecule has 2 fully saturated rings. The van der Waals surface area contributed by atoms with Crippen LogP contribution in [0.15, 0.2) is 0 Å². The van der Waals surface area contributed by atoms with Gasteiger partial charge in [-0.15, -0.1) is 0 Å². The zero-order valence-corrected chi connectivity index (χ0v) is 12.1. The minimum atomic E-state index is 0.0683. The van der Waals surface area contributed by atoms with Crippen LogP contribution in [0.4, 0.5) is 0 Å². The zero-order chi connectivity index (χ0) is 13.1. The molecule has 18 heavy (non-hydrogen) atoms. The van der Waals surface area contributed by atoms with Crippen LogP contribution in [0.3, 0.4) is 0 Å². The van der Waals surface area contributed by atoms with Gasteiger partial charge < -0.3 is 4.90 Å². The van der Waals surface area contributed by atoms with E-state index in [9.17, 15) is 4.79 Å². The van der Waals surface area contributed by atoms with Crippen molar-refractivity contribution >= 4 is 5.91 Å². The summed E-state index contributed by atoms with van der Waals surface area (Å²) < 4.78 is 0. The molecule has 0 radical (unpaired) electrons. The number of carbonyl (C=O) groups excluding carboxylic acids is 1. The molecule has 1 aliphatic carbocycles. The monoisotopic (exact) mass is 252 g/mol. The molecule has 1 saturated heterocycles. The molecule has 2 rings (SSSR count). The molecule has 1 heterocycles. The van der Waals surface area contributed by atoms with Gasteiger partial charge in [0.1, 0.15) is 0 Å². The van der Waals surface area contributed by atoms with Crippen molar-refractivity contribution in [2.75, 3.05) is 0 Å². The van der Waals surface area contributed by atoms with Gasteiger partial charge in [0.2, 0.25) is 5.91 Å². The number of nitrogens with one attached hydrogen (secondary N) is 1. The van der Waals surface area contributed by atoms with Gasteiger partial charge in [0.25, 0.3) is 0 Å². The van der Waals surface area contributed by atoms with Crippen LogP contribution in [0.25, 0.3) is 0 Å². The highest BCUT2D eigenvalue weighted by Crippen LogP contribution is 2.31. The Hall–Kier alpha value is -0.570. The number of nitrogens with zero attached hydrogens (tertiary/aromatic N) is 1. The first-order chi connectivity index (χ1) is 8.67. The van der Waals surface area contributed by atoms with Gasteiger partial charge in [-0.05, 0) is 31.6 Å². The van der Waals surface area contributed by atoms with E-state index in [1.54, 1.807) is 0 Å². The molecule has 0 aromatic heterocycles. The predicted octanol–water partition coefficient (Wildman–Crippen LogP) is 2.90. The van der Waals surface area contributed by atoms with Gasteiger partial charge in [0.05, 0.1) is 12.2 Å². The van der Waals surface area contributed by atoms with Gasteiger partial charge in [0.15, 0.2) is 0 Å². The molecule has 1 amide bonds. The second-order valence-electron chi connectivity index (χ2n) is 6.10. The Morgan fingerprint density at radius 1 is 1.33 bits per heavy atom. The minimum absolute atomic E-state index is 0.0683. The van der Waals surface area contributed by atoms with Crippen LogP contribution >= 0.6 is 0 Å². The molecular formula is C15H28N2O. The van der Waals surface area contributed by atoms with Gasteiger partial charge in [-0.3, -0.25) is 10.1 Å². The van der Waals surface area contributed by atoms with Gasteiger partial charge >= 0.3 is 0 Å². The molecule has 4 atom stereocenters. The van der Waals surface area contributed by atoms with E-state index in [0.29, 0.717) is 18.1 Å². The smallest absolute Gasteiger partial charge is 0.241 e. The lowest BCUT2D eigenvalue weighted by Crippen LogP contribution is -2.46. The van der Waals surface area contributed by atoms with E-state index in [4.69, 9.17) is 0 Å². The fraction of sp³-hybridized carbons (Fsp3) is 0.933. The Kier molecular flexibility index (Phi) is 4.66. The number of hydrogen-bond acceptors (Lipinski definition) is 2. The molecule has 2 aliphatic rings. The molecule has 104 valence electrons. The van der Waals surface area contributed by atoms with Crippen LogP contribution in [0, 0.1) is 5.92 Å². The molecule has 0 spiro atoms. The molecule has 3 nitrogen and oxygen atoms in total. The summed E-state index contributed by atoms with van der Waals surface area (Å²) >= 11 is 0. The number of hydrogen-bond donors (Lipinski definition) is 1. The Bertz CT molecular complexity index is 292. The third kappa shape index (κ3) is 2.71. The van der Waals surface area contributed by atoms with E-state index in [1.807, 2.05) is 0 Å². The topological polar surface area (TPSA) is 32.3 Å². The standard InChI is InChI=1S/C15H28N2O/c1-4-7-14-16-13(5-2)15(18)17(14)12-9-6-8-11(3)10-12/h11-14,16H,4-10H2,1-3H3. The van der Waals surface area contributed by atoms with Crippen molar-refractivity contribution in [1.29, 1.82) is 0 Å². The lowest BCUT2D eigenvalue weighted by Gasteiger charge is -2.37. The highest BCUT2D eigenvalue weighted by Gasteiger charge is 2.41. The van der Waals surface area contributed by atoms with Gasteiger partial charge in [-0.2, -0.15) is 0 Å². The number of carbonyl (C=O) groups is 1. The Balaban J connectivity index is 2.08. The van der Waals surface area contributed by atoms with Gasteiger partial charge in [0, 0.05) is 6.04 Å². The molecule has 1 N–H and O–H groups in total. The average Bonchev–Trinajstić information content (AvgIpc) is 2.66. The second kappa shape index (κ2) is 6.05. The minimum Gasteiger partial charge on any atom is -0.323 e. The summed E-state index contributed by atoms with van der Waals surface area (Å²) in [5, 5.41) is 3.53. The van der Waals surface area contributed by atoms with Crippen molar-refractivity contribution in [2.45, 2.75) is 84.0 Å². The Morgan fingerprint density at radius 2 is 2.11 bits per heavy atom. The van der Waals surface area contributed by atoms with E-state index in [2.05, 4.69) is 31.0 Å². The van der Waals surface area contributed by atoms with Crippen molar-refractivity contribution in [2.24, 2.45) is 5.92 Å². The fourth-order valence-corrected chi connectivity index (χ4v) is 3.59. The summed E-state index contributed by atoms with van der Waals surface area (Å²) in [5.74, 6) is 1.13. The lowest BCUT2D eigenvalue weighted by molar-refractivity contribution is -0.133. The quantitative estimate of drug-likeness (QED) is 0.834. The predicted molar refractivity (Wildman–Crippen MR) is 74.2 cm³/mol. The third-order valence-electron chi connectivity index (χ3n) is 4.55. The highest BCUT2D eigenvalue weighted by molar-refractivity contribution is 5.84. The van der Waals surface area contributed by atoms with Crippen LogP contribution in [-0.2, 0) is 4.79 Å². The van der Waals surface area contributed by atoms with E-state index in [1.165, 1.54) is 25.7 Å². The highest BCUT2D eigenvalue weighted by atomic mass is 16.2. The summed E-state index contributed by atoms with van der Waals surface area (Å²) in [7, 11) is 0. The molecule has 1 aliphatic heterocycles. The van der Waals surface area contributed by atoms with E-state index < -0.39 is 0 Å². The van der Waals surface area contributed by atoms with E-state index in [0.717, 1.165) is 25.2 Å². The first-order valence-electron chi connectivity index (χ1n) is 7.75. The summed E-state index contributed by atoms with van der Waals surface area (Å²) in [6.45, 7) is 6.63. The molecule has 0 aromatic rings. The Labute approximate surface area is 111 Å². The van der Waals surface area contributed by atoms with Crippen molar-refractivity contribution in [3.05, 3.63) is 0 Å². The van der Waals surface area contributed by atoms with Crippen LogP contribution in [-0.4, -0.2) is 29.1 Å². The molecular weight excluding hydrogens is 224 g/mol. The molecule has 1 saturated carbocycles. The van der Waals surface area contributed by atoms with Crippen molar-refractivity contribution < 1.29 is 4.79 Å². The normalized spacial score (nSPS) is 37.3. The molecule has 0 aromatic carbocycles. The van der Waals surface area contributed by atoms with Crippen LogP contribution in [0.2, 0.25) is 0 Å². The van der Waals surface area contributed by atoms with Gasteiger partial charge in [-0.1, -0.05) is 40.0 Å². The SMILES string of the molecule is CCCC1NC(CC)C(=O)N1C1CCCC(C)C1. The Morgan fingerprint density at radius 3 is 2.72 bits per heavy atom. The first kappa shape index (κ1) is 13.9. The molecule has 0 bridgehead atoms. The third-order valence-corrected chi connectivity index (χ3v) is 4.55. The average molecular weight is 252 g/mol. The maximum absolute atomic E-state index is 12.5. The maximum Gasteiger partial charge on any atom is 0.241 e. The van der Waals surface area contributed by atoms with Crippen LogP contribution in [0.1, 0.15) is 65.7 Å². The van der Waals surface area contributed by atoms with Crippen molar-refractivity contribution in [3.63, 3.8) is 0 Å². The summed E-state index contributed by atoms with van der Waals surface area (Å²) in [6.07, 6.45) is 8.46. The lowest BCUT2D eigenvalue weighted by atomic mass is 9.86. The van der Waals surface area contributed by atoms with Crippen LogP contribution in [0.5, 0.6) is 0 Å². The fourth-order valence-electron chi connectivity index (χ4n) is 3.59. The largest absolute Gasteiger partial charge is 0.323 e. The summed E-state index contributed by atoms with van der Waals surface area (Å²) in [4.78, 5) is 14.7. The number of amides is 1. The molecule has 3 heteroatoms. The van der Waals surface area contributed by atoms with Gasteiger partial charge in [-0.25, -0.2) is 0 Å². The zero-order valence-electron chi connectivity index (χ0n) is 12.1. The van der Waals surface area contributed by atoms with E-state index >= 15 is 0 Å². The van der Waals surface area contributed by atoms with E-state index in [-0.39, 0.29) is 6.04 Å². The summed E-state index contributed by atoms with van der Waals surface area (Å²) in [6, 6.07) is 0.556. The van der Waals surface area contributed by atoms with Crippen LogP contribution < -0.4 is 5.32 Å². The molecule has 4 unspecified atom stereocenters. The first-order valence-corrected chi connectivity index (χ1v) is 7.75. The maximum atomic E-state index is 12.5. The second-order valence-corrected chi connectivity index (χ2v) is 6.10. The summed E-state index contributed by atoms with van der Waals surface area (Å²) in [5.41, 5.74) is 0. The van der Waals surface area contributed by atoms with Crippen molar-refractivity contribution in [3.8, 4) is 0 Å². The number of rotatable bonds is 4.